The fourth-order valence-corrected chi connectivity index (χ4v) is 3.16. The fraction of sp³-hybridized carbons (Fsp3) is 0.412. The van der Waals surface area contributed by atoms with Gasteiger partial charge in [-0.05, 0) is 30.7 Å². The summed E-state index contributed by atoms with van der Waals surface area (Å²) < 4.78 is 7.22. The van der Waals surface area contributed by atoms with Crippen LogP contribution >= 0.6 is 0 Å². The quantitative estimate of drug-likeness (QED) is 0.836. The van der Waals surface area contributed by atoms with Crippen molar-refractivity contribution in [1.29, 1.82) is 0 Å². The minimum atomic E-state index is -0.203. The summed E-state index contributed by atoms with van der Waals surface area (Å²) in [6.07, 6.45) is 4.36. The van der Waals surface area contributed by atoms with E-state index in [1.54, 1.807) is 20.4 Å². The number of nitrogens with two attached hydrogens (primary N) is 1. The van der Waals surface area contributed by atoms with Gasteiger partial charge in [0.1, 0.15) is 11.6 Å². The third-order valence-corrected chi connectivity index (χ3v) is 4.40. The molecule has 0 spiro atoms. The maximum absolute atomic E-state index is 12.1. The Morgan fingerprint density at radius 1 is 1.42 bits per heavy atom. The number of carbonyl (C=O) groups is 1. The van der Waals surface area contributed by atoms with E-state index < -0.39 is 0 Å². The Labute approximate surface area is 141 Å². The lowest BCUT2D eigenvalue weighted by Gasteiger charge is -2.22. The molecule has 1 aromatic carbocycles. The lowest BCUT2D eigenvalue weighted by atomic mass is 10.1. The lowest BCUT2D eigenvalue weighted by Crippen LogP contribution is -2.41. The van der Waals surface area contributed by atoms with Crippen LogP contribution in [-0.4, -0.2) is 53.1 Å². The first-order chi connectivity index (χ1) is 11.6. The molecule has 1 fully saturated rings. The highest BCUT2D eigenvalue weighted by molar-refractivity contribution is 5.81. The van der Waals surface area contributed by atoms with Crippen LogP contribution in [0, 0.1) is 0 Å². The normalized spacial score (nSPS) is 21.0. The first kappa shape index (κ1) is 16.5. The van der Waals surface area contributed by atoms with Gasteiger partial charge in [0.2, 0.25) is 5.91 Å². The molecule has 0 aliphatic carbocycles. The fourth-order valence-electron chi connectivity index (χ4n) is 3.16. The van der Waals surface area contributed by atoms with Crippen molar-refractivity contribution in [3.8, 4) is 11.4 Å². The highest BCUT2D eigenvalue weighted by Crippen LogP contribution is 2.21. The second-order valence-electron chi connectivity index (χ2n) is 5.97. The molecule has 24 heavy (non-hydrogen) atoms. The number of likely N-dealkylation sites (N-methyl/N-ethyl adjacent to an activating group) is 1. The van der Waals surface area contributed by atoms with E-state index in [2.05, 4.69) is 15.2 Å². The van der Waals surface area contributed by atoms with Crippen LogP contribution in [0.25, 0.3) is 5.69 Å². The molecule has 7 nitrogen and oxygen atoms in total. The molecule has 1 aromatic heterocycles. The number of benzene rings is 1. The minimum absolute atomic E-state index is 0.00510. The van der Waals surface area contributed by atoms with Crippen molar-refractivity contribution in [3.05, 3.63) is 42.5 Å². The van der Waals surface area contributed by atoms with Crippen LogP contribution < -0.4 is 15.8 Å². The topological polar surface area (TPSA) is 85.4 Å². The Kier molecular flexibility index (Phi) is 4.82. The molecule has 3 N–H and O–H groups in total. The number of nitrogens with one attached hydrogen (secondary N) is 1. The van der Waals surface area contributed by atoms with Crippen molar-refractivity contribution >= 4 is 5.91 Å². The SMILES string of the molecule is CNC(=O)[C@@H]1C[C@H](N)CN1Cc1nccn1-c1ccc(OC)cc1. The Hall–Kier alpha value is -2.38. The van der Waals surface area contributed by atoms with Crippen LogP contribution in [0.1, 0.15) is 12.2 Å². The van der Waals surface area contributed by atoms with Gasteiger partial charge >= 0.3 is 0 Å². The van der Waals surface area contributed by atoms with Crippen LogP contribution in [0.3, 0.4) is 0 Å². The first-order valence-electron chi connectivity index (χ1n) is 8.00. The molecular weight excluding hydrogens is 306 g/mol. The summed E-state index contributed by atoms with van der Waals surface area (Å²) in [5, 5.41) is 2.72. The number of imidazole rings is 1. The summed E-state index contributed by atoms with van der Waals surface area (Å²) in [4.78, 5) is 18.6. The number of methoxy groups -OCH3 is 1. The summed E-state index contributed by atoms with van der Waals surface area (Å²) in [5.41, 5.74) is 7.06. The summed E-state index contributed by atoms with van der Waals surface area (Å²) in [5.74, 6) is 1.69. The maximum Gasteiger partial charge on any atom is 0.237 e. The van der Waals surface area contributed by atoms with Crippen LogP contribution in [0.4, 0.5) is 0 Å². The van der Waals surface area contributed by atoms with Gasteiger partial charge in [-0.2, -0.15) is 0 Å². The molecule has 2 aromatic rings. The van der Waals surface area contributed by atoms with Gasteiger partial charge in [-0.3, -0.25) is 9.69 Å². The van der Waals surface area contributed by atoms with Crippen LogP contribution in [-0.2, 0) is 11.3 Å². The van der Waals surface area contributed by atoms with E-state index in [4.69, 9.17) is 10.5 Å². The van der Waals surface area contributed by atoms with E-state index in [0.717, 1.165) is 17.3 Å². The predicted molar refractivity (Wildman–Crippen MR) is 91.0 cm³/mol. The lowest BCUT2D eigenvalue weighted by molar-refractivity contribution is -0.125. The number of rotatable bonds is 5. The predicted octanol–water partition coefficient (Wildman–Crippen LogP) is 0.529. The largest absolute Gasteiger partial charge is 0.497 e. The molecule has 0 saturated carbocycles. The molecule has 1 aliphatic heterocycles. The van der Waals surface area contributed by atoms with E-state index in [1.165, 1.54) is 0 Å². The summed E-state index contributed by atoms with van der Waals surface area (Å²) in [6.45, 7) is 1.26. The summed E-state index contributed by atoms with van der Waals surface area (Å²) in [6, 6.07) is 7.60. The van der Waals surface area contributed by atoms with E-state index in [1.807, 2.05) is 35.0 Å². The second-order valence-corrected chi connectivity index (χ2v) is 5.97. The second kappa shape index (κ2) is 7.02. The molecule has 1 aliphatic rings. The van der Waals surface area contributed by atoms with E-state index >= 15 is 0 Å². The third kappa shape index (κ3) is 3.27. The zero-order valence-electron chi connectivity index (χ0n) is 14.0. The average molecular weight is 329 g/mol. The Balaban J connectivity index is 1.81. The monoisotopic (exact) mass is 329 g/mol. The molecule has 2 atom stereocenters. The van der Waals surface area contributed by atoms with Crippen molar-refractivity contribution in [2.24, 2.45) is 5.73 Å². The van der Waals surface area contributed by atoms with Gasteiger partial charge in [-0.25, -0.2) is 4.98 Å². The zero-order valence-corrected chi connectivity index (χ0v) is 14.0. The van der Waals surface area contributed by atoms with Gasteiger partial charge < -0.3 is 20.4 Å². The first-order valence-corrected chi connectivity index (χ1v) is 8.00. The number of carbonyl (C=O) groups excluding carboxylic acids is 1. The maximum atomic E-state index is 12.1. The van der Waals surface area contributed by atoms with Gasteiger partial charge in [0, 0.05) is 37.7 Å². The molecular formula is C17H23N5O2. The number of hydrogen-bond acceptors (Lipinski definition) is 5. The Morgan fingerprint density at radius 2 is 2.17 bits per heavy atom. The molecule has 0 bridgehead atoms. The number of ether oxygens (including phenoxy) is 1. The average Bonchev–Trinajstić information content (AvgIpc) is 3.21. The molecule has 1 saturated heterocycles. The van der Waals surface area contributed by atoms with Crippen molar-refractivity contribution < 1.29 is 9.53 Å². The van der Waals surface area contributed by atoms with Crippen molar-refractivity contribution in [2.75, 3.05) is 20.7 Å². The Morgan fingerprint density at radius 3 is 2.83 bits per heavy atom. The number of likely N-dealkylation sites (tertiary alicyclic amines) is 1. The van der Waals surface area contributed by atoms with Gasteiger partial charge in [0.05, 0.1) is 19.7 Å². The minimum Gasteiger partial charge on any atom is -0.497 e. The van der Waals surface area contributed by atoms with Crippen LogP contribution in [0.5, 0.6) is 5.75 Å². The highest BCUT2D eigenvalue weighted by atomic mass is 16.5. The van der Waals surface area contributed by atoms with Gasteiger partial charge in [-0.15, -0.1) is 0 Å². The number of amides is 1. The number of nitrogens with zero attached hydrogens (tertiary/aromatic N) is 3. The number of aromatic nitrogens is 2. The Bertz CT molecular complexity index is 697. The van der Waals surface area contributed by atoms with E-state index in [-0.39, 0.29) is 18.0 Å². The van der Waals surface area contributed by atoms with Gasteiger partial charge in [0.15, 0.2) is 0 Å². The summed E-state index contributed by atoms with van der Waals surface area (Å²) >= 11 is 0. The van der Waals surface area contributed by atoms with Gasteiger partial charge in [-0.1, -0.05) is 0 Å². The van der Waals surface area contributed by atoms with Crippen LogP contribution in [0.2, 0.25) is 0 Å². The highest BCUT2D eigenvalue weighted by Gasteiger charge is 2.35. The van der Waals surface area contributed by atoms with Crippen molar-refractivity contribution in [1.82, 2.24) is 19.8 Å². The molecule has 3 rings (SSSR count). The van der Waals surface area contributed by atoms with Gasteiger partial charge in [0.25, 0.3) is 0 Å². The van der Waals surface area contributed by atoms with Crippen LogP contribution in [0.15, 0.2) is 36.7 Å². The molecule has 2 heterocycles. The standard InChI is InChI=1S/C17H23N5O2/c1-19-17(23)15-9-12(18)10-21(15)11-16-20-7-8-22(16)13-3-5-14(24-2)6-4-13/h3-8,12,15H,9-11,18H2,1-2H3,(H,19,23)/t12-,15-/m0/s1. The molecule has 7 heteroatoms. The smallest absolute Gasteiger partial charge is 0.237 e. The van der Waals surface area contributed by atoms with E-state index in [0.29, 0.717) is 19.5 Å². The van der Waals surface area contributed by atoms with Crippen molar-refractivity contribution in [3.63, 3.8) is 0 Å². The molecule has 1 amide bonds. The molecule has 0 radical (unpaired) electrons. The van der Waals surface area contributed by atoms with Crippen molar-refractivity contribution in [2.45, 2.75) is 25.0 Å². The zero-order chi connectivity index (χ0) is 17.1. The third-order valence-electron chi connectivity index (χ3n) is 4.40. The van der Waals surface area contributed by atoms with E-state index in [9.17, 15) is 4.79 Å². The molecule has 0 unspecified atom stereocenters. The molecule has 128 valence electrons. The number of hydrogen-bond donors (Lipinski definition) is 2. The summed E-state index contributed by atoms with van der Waals surface area (Å²) in [7, 11) is 3.30.